The minimum atomic E-state index is -0.528. The minimum Gasteiger partial charge on any atom is -0.441 e. The summed E-state index contributed by atoms with van der Waals surface area (Å²) in [7, 11) is 0. The van der Waals surface area contributed by atoms with Crippen molar-refractivity contribution in [2.75, 3.05) is 10.6 Å². The van der Waals surface area contributed by atoms with Gasteiger partial charge in [0.05, 0.1) is 5.69 Å². The highest BCUT2D eigenvalue weighted by molar-refractivity contribution is 6.00. The number of aryl methyl sites for hydroxylation is 1. The average Bonchev–Trinajstić information content (AvgIpc) is 2.80. The number of rotatable bonds is 2. The molecule has 0 aliphatic carbocycles. The van der Waals surface area contributed by atoms with Gasteiger partial charge in [0.25, 0.3) is 0 Å². The molecule has 0 unspecified atom stereocenters. The standard InChI is InChI=1S/C15H12FN3O2/c1-9-17-13-8-10(6-7-14(13)21-9)18-15(20)19-12-5-3-2-4-11(12)16/h2-8H,1H3,(H2,18,19,20). The van der Waals surface area contributed by atoms with E-state index in [-0.39, 0.29) is 5.69 Å². The van der Waals surface area contributed by atoms with Crippen LogP contribution in [0.1, 0.15) is 5.89 Å². The van der Waals surface area contributed by atoms with Gasteiger partial charge in [0.15, 0.2) is 11.5 Å². The lowest BCUT2D eigenvalue weighted by Gasteiger charge is -2.08. The lowest BCUT2D eigenvalue weighted by atomic mass is 10.3. The third-order valence-corrected chi connectivity index (χ3v) is 2.87. The van der Waals surface area contributed by atoms with E-state index in [1.807, 2.05) is 0 Å². The quantitative estimate of drug-likeness (QED) is 0.750. The van der Waals surface area contributed by atoms with Crippen LogP contribution in [0.15, 0.2) is 46.9 Å². The van der Waals surface area contributed by atoms with Crippen molar-refractivity contribution in [2.24, 2.45) is 0 Å². The number of nitrogens with zero attached hydrogens (tertiary/aromatic N) is 1. The Hall–Kier alpha value is -2.89. The summed E-state index contributed by atoms with van der Waals surface area (Å²) in [6, 6.07) is 10.5. The van der Waals surface area contributed by atoms with Crippen molar-refractivity contribution in [3.05, 3.63) is 54.2 Å². The van der Waals surface area contributed by atoms with Crippen molar-refractivity contribution in [3.8, 4) is 0 Å². The zero-order chi connectivity index (χ0) is 14.8. The molecule has 2 aromatic carbocycles. The number of nitrogens with one attached hydrogen (secondary N) is 2. The summed E-state index contributed by atoms with van der Waals surface area (Å²) in [6.45, 7) is 1.75. The first kappa shape index (κ1) is 13.1. The number of urea groups is 1. The maximum atomic E-state index is 13.4. The third-order valence-electron chi connectivity index (χ3n) is 2.87. The highest BCUT2D eigenvalue weighted by Gasteiger charge is 2.08. The Morgan fingerprint density at radius 3 is 2.81 bits per heavy atom. The number of amides is 2. The van der Waals surface area contributed by atoms with Gasteiger partial charge in [-0.1, -0.05) is 12.1 Å². The summed E-state index contributed by atoms with van der Waals surface area (Å²) in [5, 5.41) is 5.06. The van der Waals surface area contributed by atoms with Gasteiger partial charge in [0.1, 0.15) is 11.3 Å². The number of benzene rings is 2. The van der Waals surface area contributed by atoms with E-state index in [0.29, 0.717) is 22.7 Å². The van der Waals surface area contributed by atoms with Gasteiger partial charge in [-0.2, -0.15) is 0 Å². The van der Waals surface area contributed by atoms with Gasteiger partial charge >= 0.3 is 6.03 Å². The number of hydrogen-bond donors (Lipinski definition) is 2. The number of aromatic nitrogens is 1. The van der Waals surface area contributed by atoms with Gasteiger partial charge in [-0.05, 0) is 30.3 Å². The topological polar surface area (TPSA) is 67.2 Å². The molecular weight excluding hydrogens is 273 g/mol. The lowest BCUT2D eigenvalue weighted by Crippen LogP contribution is -2.20. The van der Waals surface area contributed by atoms with Crippen molar-refractivity contribution < 1.29 is 13.6 Å². The number of carbonyl (C=O) groups excluding carboxylic acids is 1. The van der Waals surface area contributed by atoms with Crippen LogP contribution in [0.25, 0.3) is 11.1 Å². The lowest BCUT2D eigenvalue weighted by molar-refractivity contribution is 0.262. The van der Waals surface area contributed by atoms with Crippen LogP contribution in [0.5, 0.6) is 0 Å². The molecule has 0 atom stereocenters. The molecule has 106 valence electrons. The smallest absolute Gasteiger partial charge is 0.323 e. The van der Waals surface area contributed by atoms with E-state index < -0.39 is 11.8 Å². The SMILES string of the molecule is Cc1nc2cc(NC(=O)Nc3ccccc3F)ccc2o1. The van der Waals surface area contributed by atoms with E-state index in [0.717, 1.165) is 0 Å². The van der Waals surface area contributed by atoms with Crippen LogP contribution in [0, 0.1) is 12.7 Å². The van der Waals surface area contributed by atoms with Gasteiger partial charge < -0.3 is 15.1 Å². The van der Waals surface area contributed by atoms with Crippen LogP contribution in [-0.2, 0) is 0 Å². The molecule has 0 aliphatic heterocycles. The number of oxazole rings is 1. The Labute approximate surface area is 119 Å². The molecule has 1 aromatic heterocycles. The summed E-state index contributed by atoms with van der Waals surface area (Å²) in [6.07, 6.45) is 0. The largest absolute Gasteiger partial charge is 0.441 e. The first-order valence-electron chi connectivity index (χ1n) is 6.31. The van der Waals surface area contributed by atoms with Crippen molar-refractivity contribution in [1.29, 1.82) is 0 Å². The van der Waals surface area contributed by atoms with Crippen molar-refractivity contribution in [3.63, 3.8) is 0 Å². The second-order valence-electron chi connectivity index (χ2n) is 4.47. The molecule has 2 amide bonds. The highest BCUT2D eigenvalue weighted by Crippen LogP contribution is 2.20. The van der Waals surface area contributed by atoms with E-state index in [9.17, 15) is 9.18 Å². The van der Waals surface area contributed by atoms with Crippen molar-refractivity contribution in [2.45, 2.75) is 6.92 Å². The number of anilines is 2. The normalized spacial score (nSPS) is 10.6. The molecule has 21 heavy (non-hydrogen) atoms. The molecule has 0 fully saturated rings. The molecule has 0 spiro atoms. The van der Waals surface area contributed by atoms with Crippen LogP contribution in [0.4, 0.5) is 20.6 Å². The first-order valence-corrected chi connectivity index (χ1v) is 6.31. The molecular formula is C15H12FN3O2. The Bertz CT molecular complexity index is 814. The van der Waals surface area contributed by atoms with Crippen LogP contribution in [0.3, 0.4) is 0 Å². The Morgan fingerprint density at radius 1 is 1.19 bits per heavy atom. The van der Waals surface area contributed by atoms with Crippen LogP contribution >= 0.6 is 0 Å². The van der Waals surface area contributed by atoms with Crippen LogP contribution in [0.2, 0.25) is 0 Å². The Kier molecular flexibility index (Phi) is 3.27. The first-order chi connectivity index (χ1) is 10.1. The zero-order valence-electron chi connectivity index (χ0n) is 11.2. The van der Waals surface area contributed by atoms with Crippen molar-refractivity contribution >= 4 is 28.5 Å². The fourth-order valence-electron chi connectivity index (χ4n) is 1.97. The number of para-hydroxylation sites is 1. The molecule has 6 heteroatoms. The van der Waals surface area contributed by atoms with E-state index in [4.69, 9.17) is 4.42 Å². The van der Waals surface area contributed by atoms with Gasteiger partial charge in [0.2, 0.25) is 0 Å². The predicted molar refractivity (Wildman–Crippen MR) is 77.8 cm³/mol. The molecule has 0 saturated heterocycles. The van der Waals surface area contributed by atoms with E-state index >= 15 is 0 Å². The monoisotopic (exact) mass is 285 g/mol. The molecule has 0 aliphatic rings. The van der Waals surface area contributed by atoms with E-state index in [1.165, 1.54) is 12.1 Å². The van der Waals surface area contributed by atoms with Gasteiger partial charge in [0, 0.05) is 12.6 Å². The maximum Gasteiger partial charge on any atom is 0.323 e. The third kappa shape index (κ3) is 2.84. The fraction of sp³-hybridized carbons (Fsp3) is 0.0667. The average molecular weight is 285 g/mol. The van der Waals surface area contributed by atoms with Crippen molar-refractivity contribution in [1.82, 2.24) is 4.98 Å². The molecule has 0 bridgehead atoms. The summed E-state index contributed by atoms with van der Waals surface area (Å²) in [4.78, 5) is 16.0. The maximum absolute atomic E-state index is 13.4. The predicted octanol–water partition coefficient (Wildman–Crippen LogP) is 3.92. The fourth-order valence-corrected chi connectivity index (χ4v) is 1.97. The van der Waals surface area contributed by atoms with Gasteiger partial charge in [-0.3, -0.25) is 0 Å². The minimum absolute atomic E-state index is 0.119. The van der Waals surface area contributed by atoms with Gasteiger partial charge in [-0.25, -0.2) is 14.2 Å². The highest BCUT2D eigenvalue weighted by atomic mass is 19.1. The number of halogens is 1. The van der Waals surface area contributed by atoms with E-state index in [2.05, 4.69) is 15.6 Å². The molecule has 3 aromatic rings. The molecule has 1 heterocycles. The molecule has 5 nitrogen and oxygen atoms in total. The Morgan fingerprint density at radius 2 is 2.00 bits per heavy atom. The molecule has 0 radical (unpaired) electrons. The molecule has 3 rings (SSSR count). The zero-order valence-corrected chi connectivity index (χ0v) is 11.2. The second-order valence-corrected chi connectivity index (χ2v) is 4.47. The van der Waals surface area contributed by atoms with Gasteiger partial charge in [-0.15, -0.1) is 0 Å². The summed E-state index contributed by atoms with van der Waals surface area (Å²) >= 11 is 0. The summed E-state index contributed by atoms with van der Waals surface area (Å²) in [5.41, 5.74) is 1.96. The van der Waals surface area contributed by atoms with E-state index in [1.54, 1.807) is 37.3 Å². The van der Waals surface area contributed by atoms with Crippen LogP contribution < -0.4 is 10.6 Å². The Balaban J connectivity index is 1.75. The number of carbonyl (C=O) groups is 1. The summed E-state index contributed by atoms with van der Waals surface area (Å²) < 4.78 is 18.8. The number of hydrogen-bond acceptors (Lipinski definition) is 3. The van der Waals surface area contributed by atoms with Crippen LogP contribution in [-0.4, -0.2) is 11.0 Å². The molecule has 2 N–H and O–H groups in total. The summed E-state index contributed by atoms with van der Waals surface area (Å²) in [5.74, 6) is 0.0631. The second kappa shape index (κ2) is 5.24. The number of fused-ring (bicyclic) bond motifs is 1. The molecule has 0 saturated carbocycles.